The fourth-order valence-corrected chi connectivity index (χ4v) is 1.73. The molecular formula is C10H17N3O. The number of rotatable bonds is 3. The average molecular weight is 195 g/mol. The third-order valence-electron chi connectivity index (χ3n) is 2.91. The maximum atomic E-state index is 11.7. The van der Waals surface area contributed by atoms with Crippen molar-refractivity contribution in [3.63, 3.8) is 0 Å². The maximum Gasteiger partial charge on any atom is 0.231 e. The summed E-state index contributed by atoms with van der Waals surface area (Å²) < 4.78 is 0. The molecule has 1 atom stereocenters. The molecule has 1 heterocycles. The predicted octanol–water partition coefficient (Wildman–Crippen LogP) is 0.722. The number of nitrogens with two attached hydrogens (primary N) is 1. The molecule has 2 N–H and O–H groups in total. The third-order valence-corrected chi connectivity index (χ3v) is 2.91. The van der Waals surface area contributed by atoms with E-state index >= 15 is 0 Å². The number of carbonyl (C=O) groups is 1. The van der Waals surface area contributed by atoms with E-state index in [0.29, 0.717) is 18.3 Å². The lowest BCUT2D eigenvalue weighted by Crippen LogP contribution is -2.48. The first-order chi connectivity index (χ1) is 6.70. The first-order valence-corrected chi connectivity index (χ1v) is 5.34. The van der Waals surface area contributed by atoms with Gasteiger partial charge in [0, 0.05) is 13.0 Å². The van der Waals surface area contributed by atoms with Crippen molar-refractivity contribution < 1.29 is 4.79 Å². The van der Waals surface area contributed by atoms with E-state index in [-0.39, 0.29) is 11.9 Å². The van der Waals surface area contributed by atoms with E-state index in [1.807, 2.05) is 6.92 Å². The zero-order valence-corrected chi connectivity index (χ0v) is 8.57. The number of guanidine groups is 1. The van der Waals surface area contributed by atoms with E-state index < -0.39 is 0 Å². The van der Waals surface area contributed by atoms with Crippen LogP contribution in [0.3, 0.4) is 0 Å². The highest BCUT2D eigenvalue weighted by Gasteiger charge is 2.32. The molecule has 0 bridgehead atoms. The van der Waals surface area contributed by atoms with Crippen molar-refractivity contribution >= 4 is 11.9 Å². The predicted molar refractivity (Wildman–Crippen MR) is 54.8 cm³/mol. The minimum absolute atomic E-state index is 0.109. The summed E-state index contributed by atoms with van der Waals surface area (Å²) in [6.45, 7) is 2.82. The van der Waals surface area contributed by atoms with Crippen molar-refractivity contribution in [1.29, 1.82) is 0 Å². The number of amides is 1. The molecule has 0 spiro atoms. The summed E-state index contributed by atoms with van der Waals surface area (Å²) in [6, 6.07) is 0.109. The first-order valence-electron chi connectivity index (χ1n) is 5.34. The van der Waals surface area contributed by atoms with Gasteiger partial charge in [0.15, 0.2) is 5.96 Å². The monoisotopic (exact) mass is 195 g/mol. The van der Waals surface area contributed by atoms with Gasteiger partial charge in [-0.15, -0.1) is 0 Å². The highest BCUT2D eigenvalue weighted by molar-refractivity contribution is 5.98. The van der Waals surface area contributed by atoms with E-state index in [9.17, 15) is 4.79 Å². The normalized spacial score (nSPS) is 27.8. The Balaban J connectivity index is 2.04. The summed E-state index contributed by atoms with van der Waals surface area (Å²) >= 11 is 0. The topological polar surface area (TPSA) is 58.7 Å². The summed E-state index contributed by atoms with van der Waals surface area (Å²) in [4.78, 5) is 17.7. The largest absolute Gasteiger partial charge is 0.369 e. The first kappa shape index (κ1) is 9.49. The van der Waals surface area contributed by atoms with E-state index in [1.165, 1.54) is 12.8 Å². The van der Waals surface area contributed by atoms with Crippen LogP contribution in [-0.2, 0) is 4.79 Å². The molecule has 0 aromatic carbocycles. The fourth-order valence-electron chi connectivity index (χ4n) is 1.73. The molecule has 1 amide bonds. The molecule has 2 aliphatic rings. The van der Waals surface area contributed by atoms with Gasteiger partial charge in [0.2, 0.25) is 5.91 Å². The molecule has 0 unspecified atom stereocenters. The van der Waals surface area contributed by atoms with Crippen LogP contribution in [0.25, 0.3) is 0 Å². The Morgan fingerprint density at radius 2 is 2.29 bits per heavy atom. The van der Waals surface area contributed by atoms with Crippen molar-refractivity contribution in [2.24, 2.45) is 16.6 Å². The van der Waals surface area contributed by atoms with Gasteiger partial charge in [0.25, 0.3) is 0 Å². The Morgan fingerprint density at radius 1 is 1.57 bits per heavy atom. The average Bonchev–Trinajstić information content (AvgIpc) is 2.94. The van der Waals surface area contributed by atoms with Gasteiger partial charge >= 0.3 is 0 Å². The smallest absolute Gasteiger partial charge is 0.231 e. The Morgan fingerprint density at radius 3 is 2.79 bits per heavy atom. The number of nitrogens with zero attached hydrogens (tertiary/aromatic N) is 2. The molecule has 0 radical (unpaired) electrons. The van der Waals surface area contributed by atoms with E-state index in [0.717, 1.165) is 13.0 Å². The summed E-state index contributed by atoms with van der Waals surface area (Å²) in [5, 5.41) is 0. The minimum Gasteiger partial charge on any atom is -0.369 e. The molecule has 0 aromatic heterocycles. The van der Waals surface area contributed by atoms with Gasteiger partial charge in [0.1, 0.15) is 0 Å². The van der Waals surface area contributed by atoms with Gasteiger partial charge in [-0.25, -0.2) is 4.99 Å². The number of hydrogen-bond acceptors (Lipinski definition) is 3. The Hall–Kier alpha value is -1.06. The van der Waals surface area contributed by atoms with E-state index in [4.69, 9.17) is 5.73 Å². The Labute approximate surface area is 84.2 Å². The summed E-state index contributed by atoms with van der Waals surface area (Å²) in [5.41, 5.74) is 5.77. The Kier molecular flexibility index (Phi) is 2.44. The third kappa shape index (κ3) is 1.89. The van der Waals surface area contributed by atoms with E-state index in [2.05, 4.69) is 4.99 Å². The van der Waals surface area contributed by atoms with Crippen molar-refractivity contribution in [2.75, 3.05) is 6.54 Å². The molecule has 2 rings (SSSR count). The zero-order valence-electron chi connectivity index (χ0n) is 8.57. The van der Waals surface area contributed by atoms with Gasteiger partial charge in [-0.1, -0.05) is 6.92 Å². The molecule has 0 aromatic rings. The van der Waals surface area contributed by atoms with Crippen LogP contribution in [0.4, 0.5) is 0 Å². The summed E-state index contributed by atoms with van der Waals surface area (Å²) in [7, 11) is 0. The van der Waals surface area contributed by atoms with Crippen LogP contribution in [0.5, 0.6) is 0 Å². The molecule has 1 saturated carbocycles. The second-order valence-electron chi connectivity index (χ2n) is 4.20. The van der Waals surface area contributed by atoms with Crippen molar-refractivity contribution in [2.45, 2.75) is 38.6 Å². The zero-order chi connectivity index (χ0) is 10.1. The van der Waals surface area contributed by atoms with Crippen molar-refractivity contribution in [3.05, 3.63) is 0 Å². The summed E-state index contributed by atoms with van der Waals surface area (Å²) in [6.07, 6.45) is 3.89. The van der Waals surface area contributed by atoms with Crippen LogP contribution in [0.1, 0.15) is 32.6 Å². The molecule has 1 fully saturated rings. The van der Waals surface area contributed by atoms with Gasteiger partial charge in [-0.2, -0.15) is 0 Å². The lowest BCUT2D eigenvalue weighted by Gasteiger charge is -2.28. The standard InChI is InChI=1S/C10H17N3O/c1-2-8-5-9(14)13(10(11)12-8)6-7-3-4-7/h7-8H,2-6H2,1H3,(H2,11,12)/t8-/m1/s1. The molecule has 1 aliphatic carbocycles. The number of carbonyl (C=O) groups excluding carboxylic acids is 1. The van der Waals surface area contributed by atoms with Gasteiger partial charge < -0.3 is 5.73 Å². The summed E-state index contributed by atoms with van der Waals surface area (Å²) in [5.74, 6) is 1.25. The molecule has 78 valence electrons. The van der Waals surface area contributed by atoms with Crippen LogP contribution in [0.2, 0.25) is 0 Å². The van der Waals surface area contributed by atoms with Gasteiger partial charge in [-0.3, -0.25) is 9.69 Å². The van der Waals surface area contributed by atoms with E-state index in [1.54, 1.807) is 4.90 Å². The van der Waals surface area contributed by atoms with Gasteiger partial charge in [0.05, 0.1) is 6.04 Å². The quantitative estimate of drug-likeness (QED) is 0.721. The van der Waals surface area contributed by atoms with Crippen LogP contribution in [0.15, 0.2) is 4.99 Å². The highest BCUT2D eigenvalue weighted by atomic mass is 16.2. The lowest BCUT2D eigenvalue weighted by molar-refractivity contribution is -0.128. The van der Waals surface area contributed by atoms with Crippen molar-refractivity contribution in [1.82, 2.24) is 4.90 Å². The fraction of sp³-hybridized carbons (Fsp3) is 0.800. The molecule has 4 heteroatoms. The second-order valence-corrected chi connectivity index (χ2v) is 4.20. The number of aliphatic imine (C=N–C) groups is 1. The molecule has 0 saturated heterocycles. The van der Waals surface area contributed by atoms with Crippen LogP contribution in [0, 0.1) is 5.92 Å². The minimum atomic E-state index is 0.109. The Bertz CT molecular complexity index is 271. The SMILES string of the molecule is CC[C@@H]1CC(=O)N(CC2CC2)C(N)=N1. The molecule has 1 aliphatic heterocycles. The maximum absolute atomic E-state index is 11.7. The molecule has 14 heavy (non-hydrogen) atoms. The highest BCUT2D eigenvalue weighted by Crippen LogP contribution is 2.30. The lowest BCUT2D eigenvalue weighted by atomic mass is 10.1. The van der Waals surface area contributed by atoms with Crippen LogP contribution < -0.4 is 5.73 Å². The number of hydrogen-bond donors (Lipinski definition) is 1. The van der Waals surface area contributed by atoms with Crippen molar-refractivity contribution in [3.8, 4) is 0 Å². The van der Waals surface area contributed by atoms with Crippen LogP contribution >= 0.6 is 0 Å². The molecular weight excluding hydrogens is 178 g/mol. The molecule has 4 nitrogen and oxygen atoms in total. The van der Waals surface area contributed by atoms with Crippen LogP contribution in [-0.4, -0.2) is 29.4 Å². The van der Waals surface area contributed by atoms with Gasteiger partial charge in [-0.05, 0) is 25.2 Å². The second kappa shape index (κ2) is 3.59.